The van der Waals surface area contributed by atoms with Crippen molar-refractivity contribution in [3.05, 3.63) is 36.5 Å². The zero-order valence-corrected chi connectivity index (χ0v) is 20.4. The number of hydrogen-bond acceptors (Lipinski definition) is 9. The first kappa shape index (κ1) is 26.1. The fourth-order valence-corrected chi connectivity index (χ4v) is 5.62. The van der Waals surface area contributed by atoms with E-state index < -0.39 is 75.8 Å². The lowest BCUT2D eigenvalue weighted by Gasteiger charge is -2.54. The van der Waals surface area contributed by atoms with Crippen molar-refractivity contribution in [3.63, 3.8) is 0 Å². The fraction of sp³-hybridized carbons (Fsp3) is 0.583. The Labute approximate surface area is 202 Å². The maximum Gasteiger partial charge on any atom is 0.312 e. The number of carbonyl (C=O) groups is 4. The molecule has 0 bridgehead atoms. The molecular formula is C24H29ClO9. The quantitative estimate of drug-likeness (QED) is 0.330. The second kappa shape index (κ2) is 8.62. The summed E-state index contributed by atoms with van der Waals surface area (Å²) >= 11 is 6.58. The molecule has 3 rings (SSSR count). The predicted molar refractivity (Wildman–Crippen MR) is 119 cm³/mol. The van der Waals surface area contributed by atoms with Gasteiger partial charge in [-0.15, -0.1) is 11.6 Å². The van der Waals surface area contributed by atoms with Gasteiger partial charge < -0.3 is 24.4 Å². The number of aliphatic hydroxyl groups is 2. The van der Waals surface area contributed by atoms with Crippen molar-refractivity contribution < 1.29 is 43.6 Å². The van der Waals surface area contributed by atoms with E-state index in [1.807, 2.05) is 0 Å². The van der Waals surface area contributed by atoms with Gasteiger partial charge in [-0.3, -0.25) is 19.2 Å². The van der Waals surface area contributed by atoms with Crippen molar-refractivity contribution in [1.29, 1.82) is 0 Å². The van der Waals surface area contributed by atoms with Crippen LogP contribution in [-0.2, 0) is 33.4 Å². The van der Waals surface area contributed by atoms with Crippen LogP contribution in [0.4, 0.5) is 0 Å². The van der Waals surface area contributed by atoms with Crippen LogP contribution in [-0.4, -0.2) is 68.8 Å². The van der Waals surface area contributed by atoms with E-state index in [2.05, 4.69) is 6.58 Å². The first-order valence-electron chi connectivity index (χ1n) is 10.8. The van der Waals surface area contributed by atoms with E-state index in [1.165, 1.54) is 39.0 Å². The summed E-state index contributed by atoms with van der Waals surface area (Å²) in [4.78, 5) is 49.8. The van der Waals surface area contributed by atoms with Gasteiger partial charge in [0.1, 0.15) is 17.8 Å². The number of ether oxygens (including phenoxy) is 3. The summed E-state index contributed by atoms with van der Waals surface area (Å²) in [6.07, 6.45) is 1.34. The molecule has 34 heavy (non-hydrogen) atoms. The summed E-state index contributed by atoms with van der Waals surface area (Å²) in [6, 6.07) is 0. The summed E-state index contributed by atoms with van der Waals surface area (Å²) in [6.45, 7) is 10.4. The smallest absolute Gasteiger partial charge is 0.312 e. The van der Waals surface area contributed by atoms with Crippen LogP contribution in [0.5, 0.6) is 0 Å². The molecule has 0 spiro atoms. The van der Waals surface area contributed by atoms with Gasteiger partial charge in [0.25, 0.3) is 0 Å². The molecule has 0 aromatic carbocycles. The molecule has 1 saturated heterocycles. The zero-order valence-electron chi connectivity index (χ0n) is 19.6. The number of allylic oxidation sites excluding steroid dienone is 1. The second-order valence-corrected chi connectivity index (χ2v) is 10.0. The molecule has 9 nitrogen and oxygen atoms in total. The number of rotatable bonds is 2. The van der Waals surface area contributed by atoms with Crippen molar-refractivity contribution in [3.8, 4) is 0 Å². The van der Waals surface area contributed by atoms with Crippen molar-refractivity contribution in [2.75, 3.05) is 0 Å². The number of ketones is 1. The van der Waals surface area contributed by atoms with Gasteiger partial charge in [0, 0.05) is 25.2 Å². The topological polar surface area (TPSA) is 136 Å². The van der Waals surface area contributed by atoms with Gasteiger partial charge in [-0.1, -0.05) is 25.7 Å². The molecule has 1 fully saturated rings. The second-order valence-electron chi connectivity index (χ2n) is 9.55. The highest BCUT2D eigenvalue weighted by Gasteiger charge is 2.70. The minimum absolute atomic E-state index is 0.232. The molecule has 0 unspecified atom stereocenters. The normalized spacial score (nSPS) is 45.0. The number of carbonyl (C=O) groups excluding carboxylic acids is 4. The molecule has 9 atom stereocenters. The van der Waals surface area contributed by atoms with Gasteiger partial charge in [-0.2, -0.15) is 0 Å². The predicted octanol–water partition coefficient (Wildman–Crippen LogP) is 1.39. The molecule has 3 aliphatic rings. The Morgan fingerprint density at radius 2 is 1.71 bits per heavy atom. The lowest BCUT2D eigenvalue weighted by atomic mass is 9.55. The average Bonchev–Trinajstić information content (AvgIpc) is 2.96. The first-order valence-corrected chi connectivity index (χ1v) is 11.3. The number of hydrogen-bond donors (Lipinski definition) is 2. The van der Waals surface area contributed by atoms with Gasteiger partial charge in [0.15, 0.2) is 17.5 Å². The van der Waals surface area contributed by atoms with Crippen LogP contribution in [0.3, 0.4) is 0 Å². The molecular weight excluding hydrogens is 468 g/mol. The van der Waals surface area contributed by atoms with Crippen molar-refractivity contribution in [2.45, 2.75) is 69.5 Å². The molecule has 10 heteroatoms. The molecule has 0 radical (unpaired) electrons. The maximum absolute atomic E-state index is 12.9. The monoisotopic (exact) mass is 496 g/mol. The van der Waals surface area contributed by atoms with Gasteiger partial charge in [-0.05, 0) is 31.6 Å². The highest BCUT2D eigenvalue weighted by Crippen LogP contribution is 2.54. The van der Waals surface area contributed by atoms with E-state index in [1.54, 1.807) is 6.92 Å². The Morgan fingerprint density at radius 3 is 2.26 bits per heavy atom. The standard InChI is InChI=1S/C24H29ClO9/c1-11-7-8-16(32-13(3)26)22(5)10-9-15(28)23(6,30)18(22)20(33-14(4)27)24(31)12(2)21(29)34-19(24)17(11)25/h7-10,12,16-20,30-31H,1H2,2-6H3/b8-7+/t12-,16+,17-,18+,19-,20-,22-,23+,24+/m0/s1. The highest BCUT2D eigenvalue weighted by atomic mass is 35.5. The van der Waals surface area contributed by atoms with Gasteiger partial charge >= 0.3 is 17.9 Å². The third kappa shape index (κ3) is 3.89. The Morgan fingerprint density at radius 1 is 1.12 bits per heavy atom. The van der Waals surface area contributed by atoms with Crippen LogP contribution >= 0.6 is 11.6 Å². The number of esters is 3. The number of halogens is 1. The minimum Gasteiger partial charge on any atom is -0.459 e. The number of fused-ring (bicyclic) bond motifs is 2. The third-order valence-electron chi connectivity index (χ3n) is 7.18. The maximum atomic E-state index is 12.9. The molecule has 0 amide bonds. The van der Waals surface area contributed by atoms with Gasteiger partial charge in [0.05, 0.1) is 11.3 Å². The van der Waals surface area contributed by atoms with E-state index >= 15 is 0 Å². The van der Waals surface area contributed by atoms with E-state index in [4.69, 9.17) is 25.8 Å². The molecule has 0 aromatic rings. The summed E-state index contributed by atoms with van der Waals surface area (Å²) < 4.78 is 16.6. The van der Waals surface area contributed by atoms with Crippen LogP contribution in [0.25, 0.3) is 0 Å². The molecule has 186 valence electrons. The van der Waals surface area contributed by atoms with Crippen LogP contribution in [0, 0.1) is 17.3 Å². The van der Waals surface area contributed by atoms with Gasteiger partial charge in [-0.25, -0.2) is 0 Å². The molecule has 2 N–H and O–H groups in total. The van der Waals surface area contributed by atoms with Crippen molar-refractivity contribution in [2.24, 2.45) is 17.3 Å². The van der Waals surface area contributed by atoms with Crippen LogP contribution in [0.1, 0.15) is 34.6 Å². The van der Waals surface area contributed by atoms with Gasteiger partial charge in [0.2, 0.25) is 0 Å². The van der Waals surface area contributed by atoms with E-state index in [0.29, 0.717) is 0 Å². The Kier molecular flexibility index (Phi) is 6.62. The van der Waals surface area contributed by atoms with Crippen LogP contribution in [0.15, 0.2) is 36.5 Å². The minimum atomic E-state index is -2.27. The van der Waals surface area contributed by atoms with E-state index in [9.17, 15) is 29.4 Å². The average molecular weight is 497 g/mol. The lowest BCUT2D eigenvalue weighted by molar-refractivity contribution is -0.224. The van der Waals surface area contributed by atoms with Crippen molar-refractivity contribution in [1.82, 2.24) is 0 Å². The summed E-state index contributed by atoms with van der Waals surface area (Å²) in [5.41, 5.74) is -5.65. The Bertz CT molecular complexity index is 998. The summed E-state index contributed by atoms with van der Waals surface area (Å²) in [5.74, 6) is -5.67. The molecule has 1 aliphatic heterocycles. The highest BCUT2D eigenvalue weighted by molar-refractivity contribution is 6.23. The third-order valence-corrected chi connectivity index (χ3v) is 7.69. The van der Waals surface area contributed by atoms with E-state index in [0.717, 1.165) is 13.0 Å². The largest absolute Gasteiger partial charge is 0.459 e. The van der Waals surface area contributed by atoms with Crippen molar-refractivity contribution >= 4 is 35.3 Å². The van der Waals surface area contributed by atoms with E-state index in [-0.39, 0.29) is 5.57 Å². The first-order chi connectivity index (χ1) is 15.6. The van der Waals surface area contributed by atoms with Crippen LogP contribution < -0.4 is 0 Å². The fourth-order valence-electron chi connectivity index (χ4n) is 5.30. The Balaban J connectivity index is 2.41. The van der Waals surface area contributed by atoms with Crippen LogP contribution in [0.2, 0.25) is 0 Å². The molecule has 1 heterocycles. The summed E-state index contributed by atoms with van der Waals surface area (Å²) in [5, 5.41) is 22.4. The molecule has 0 aromatic heterocycles. The molecule has 2 aliphatic carbocycles. The zero-order chi connectivity index (χ0) is 25.8. The Hall–Kier alpha value is -2.49. The molecule has 0 saturated carbocycles. The number of alkyl halides is 1. The SMILES string of the molecule is C=C1/C=C/[C@@H](OC(C)=O)[C@]2(C)C=CC(=O)[C@@](C)(O)[C@@H]2[C@H](OC(C)=O)[C@@]2(O)[C@@H](C)C(=O)O[C@H]2[C@H]1Cl. The lowest BCUT2D eigenvalue weighted by Crippen LogP contribution is -2.69. The summed E-state index contributed by atoms with van der Waals surface area (Å²) in [7, 11) is 0.